The SMILES string of the molecule is c1ccc(-c2cccc3[nH]c(-c4n[nH]c5ccc(-c6cncc(OCCN7CCCC7)c6)cc45)cc23)nc1. The van der Waals surface area contributed by atoms with E-state index in [-0.39, 0.29) is 0 Å². The van der Waals surface area contributed by atoms with E-state index in [1.807, 2.05) is 30.6 Å². The summed E-state index contributed by atoms with van der Waals surface area (Å²) in [5.74, 6) is 0.798. The molecule has 1 aliphatic rings. The number of aromatic nitrogens is 5. The smallest absolute Gasteiger partial charge is 0.138 e. The minimum Gasteiger partial charge on any atom is -0.491 e. The molecule has 1 aliphatic heterocycles. The fourth-order valence-electron chi connectivity index (χ4n) is 5.38. The minimum atomic E-state index is 0.678. The standard InChI is InChI=1S/C31H28N6O/c1-2-11-33-27(7-1)24-6-5-8-28-25(24)18-30(34-28)31-26-17-21(9-10-29(26)35-36-31)22-16-23(20-32-19-22)38-15-14-37-12-3-4-13-37/h1-2,5-11,16-20,34H,3-4,12-15H2,(H,35,36). The predicted octanol–water partition coefficient (Wildman–Crippen LogP) is 6.31. The van der Waals surface area contributed by atoms with Crippen LogP contribution in [0, 0.1) is 0 Å². The van der Waals surface area contributed by atoms with E-state index in [0.717, 1.165) is 67.9 Å². The number of rotatable bonds is 7. The summed E-state index contributed by atoms with van der Waals surface area (Å²) in [5, 5.41) is 10.0. The topological polar surface area (TPSA) is 82.7 Å². The number of hydrogen-bond acceptors (Lipinski definition) is 5. The summed E-state index contributed by atoms with van der Waals surface area (Å²) in [7, 11) is 0. The summed E-state index contributed by atoms with van der Waals surface area (Å²) >= 11 is 0. The van der Waals surface area contributed by atoms with Gasteiger partial charge in [-0.15, -0.1) is 0 Å². The van der Waals surface area contributed by atoms with Gasteiger partial charge >= 0.3 is 0 Å². The van der Waals surface area contributed by atoms with E-state index in [4.69, 9.17) is 4.74 Å². The summed E-state index contributed by atoms with van der Waals surface area (Å²) in [5.41, 5.74) is 8.03. The van der Waals surface area contributed by atoms with Crippen molar-refractivity contribution < 1.29 is 4.74 Å². The summed E-state index contributed by atoms with van der Waals surface area (Å²) in [6.45, 7) is 3.99. The normalized spacial score (nSPS) is 14.0. The van der Waals surface area contributed by atoms with Gasteiger partial charge in [-0.25, -0.2) is 0 Å². The Morgan fingerprint density at radius 1 is 0.842 bits per heavy atom. The number of ether oxygens (including phenoxy) is 1. The lowest BCUT2D eigenvalue weighted by atomic mass is 10.0. The highest BCUT2D eigenvalue weighted by Gasteiger charge is 2.15. The van der Waals surface area contributed by atoms with Crippen LogP contribution < -0.4 is 4.74 Å². The third-order valence-corrected chi connectivity index (χ3v) is 7.34. The monoisotopic (exact) mass is 500 g/mol. The number of likely N-dealkylation sites (tertiary alicyclic amines) is 1. The Morgan fingerprint density at radius 2 is 1.79 bits per heavy atom. The summed E-state index contributed by atoms with van der Waals surface area (Å²) in [6.07, 6.45) is 8.08. The number of H-pyrrole nitrogens is 2. The molecule has 0 aliphatic carbocycles. The van der Waals surface area contributed by atoms with Crippen LogP contribution in [0.25, 0.3) is 55.6 Å². The Kier molecular flexibility index (Phi) is 5.83. The molecule has 188 valence electrons. The van der Waals surface area contributed by atoms with Gasteiger partial charge in [-0.1, -0.05) is 24.3 Å². The molecule has 2 aromatic carbocycles. The Labute approximate surface area is 220 Å². The van der Waals surface area contributed by atoms with E-state index in [2.05, 4.69) is 78.6 Å². The molecule has 38 heavy (non-hydrogen) atoms. The zero-order valence-electron chi connectivity index (χ0n) is 21.0. The molecular formula is C31H28N6O. The van der Waals surface area contributed by atoms with E-state index in [1.54, 1.807) is 6.20 Å². The number of pyridine rings is 2. The summed E-state index contributed by atoms with van der Waals surface area (Å²) in [6, 6.07) is 22.8. The molecule has 1 fully saturated rings. The first-order chi connectivity index (χ1) is 18.8. The maximum Gasteiger partial charge on any atom is 0.138 e. The summed E-state index contributed by atoms with van der Waals surface area (Å²) in [4.78, 5) is 15.0. The number of benzene rings is 2. The molecule has 7 rings (SSSR count). The molecule has 2 N–H and O–H groups in total. The first-order valence-electron chi connectivity index (χ1n) is 13.1. The number of nitrogens with one attached hydrogen (secondary N) is 2. The zero-order valence-corrected chi connectivity index (χ0v) is 21.0. The molecule has 0 atom stereocenters. The molecule has 5 heterocycles. The largest absolute Gasteiger partial charge is 0.491 e. The van der Waals surface area contributed by atoms with Crippen LogP contribution in [0.2, 0.25) is 0 Å². The second-order valence-electron chi connectivity index (χ2n) is 9.80. The van der Waals surface area contributed by atoms with Crippen molar-refractivity contribution in [2.75, 3.05) is 26.2 Å². The molecular weight excluding hydrogens is 472 g/mol. The zero-order chi connectivity index (χ0) is 25.3. The third kappa shape index (κ3) is 4.31. The van der Waals surface area contributed by atoms with E-state index in [9.17, 15) is 0 Å². The van der Waals surface area contributed by atoms with E-state index < -0.39 is 0 Å². The van der Waals surface area contributed by atoms with Crippen LogP contribution in [-0.4, -0.2) is 56.3 Å². The Hall–Kier alpha value is -4.49. The molecule has 4 aromatic heterocycles. The third-order valence-electron chi connectivity index (χ3n) is 7.34. The van der Waals surface area contributed by atoms with Crippen LogP contribution >= 0.6 is 0 Å². The fraction of sp³-hybridized carbons (Fsp3) is 0.194. The van der Waals surface area contributed by atoms with Crippen molar-refractivity contribution in [2.24, 2.45) is 0 Å². The molecule has 7 nitrogen and oxygen atoms in total. The molecule has 6 aromatic rings. The van der Waals surface area contributed by atoms with Crippen LogP contribution in [-0.2, 0) is 0 Å². The first-order valence-corrected chi connectivity index (χ1v) is 13.1. The lowest BCUT2D eigenvalue weighted by Gasteiger charge is -2.15. The van der Waals surface area contributed by atoms with Crippen molar-refractivity contribution in [3.05, 3.63) is 85.3 Å². The highest BCUT2D eigenvalue weighted by atomic mass is 16.5. The molecule has 0 spiro atoms. The molecule has 0 unspecified atom stereocenters. The average Bonchev–Trinajstić information content (AvgIpc) is 3.73. The lowest BCUT2D eigenvalue weighted by molar-refractivity contribution is 0.237. The number of aromatic amines is 2. The predicted molar refractivity (Wildman–Crippen MR) is 151 cm³/mol. The van der Waals surface area contributed by atoms with Gasteiger partial charge in [-0.05, 0) is 74.0 Å². The number of hydrogen-bond donors (Lipinski definition) is 2. The number of fused-ring (bicyclic) bond motifs is 2. The van der Waals surface area contributed by atoms with Gasteiger partial charge in [0.05, 0.1) is 23.1 Å². The number of nitrogens with zero attached hydrogens (tertiary/aromatic N) is 4. The van der Waals surface area contributed by atoms with Gasteiger partial charge < -0.3 is 9.72 Å². The van der Waals surface area contributed by atoms with Gasteiger partial charge in [0.2, 0.25) is 0 Å². The second kappa shape index (κ2) is 9.76. The Morgan fingerprint density at radius 3 is 2.68 bits per heavy atom. The van der Waals surface area contributed by atoms with Gasteiger partial charge in [0.1, 0.15) is 18.1 Å². The van der Waals surface area contributed by atoms with Crippen molar-refractivity contribution >= 4 is 21.8 Å². The fourth-order valence-corrected chi connectivity index (χ4v) is 5.38. The van der Waals surface area contributed by atoms with Crippen LogP contribution in [0.4, 0.5) is 0 Å². The summed E-state index contributed by atoms with van der Waals surface area (Å²) < 4.78 is 6.04. The molecule has 0 radical (unpaired) electrons. The van der Waals surface area contributed by atoms with Crippen molar-refractivity contribution in [1.29, 1.82) is 0 Å². The van der Waals surface area contributed by atoms with Crippen molar-refractivity contribution in [1.82, 2.24) is 30.0 Å². The first kappa shape index (κ1) is 22.7. The van der Waals surface area contributed by atoms with E-state index in [0.29, 0.717) is 6.61 Å². The van der Waals surface area contributed by atoms with Gasteiger partial charge in [-0.3, -0.25) is 20.0 Å². The van der Waals surface area contributed by atoms with Crippen molar-refractivity contribution in [3.8, 4) is 39.5 Å². The van der Waals surface area contributed by atoms with E-state index >= 15 is 0 Å². The van der Waals surface area contributed by atoms with Crippen molar-refractivity contribution in [3.63, 3.8) is 0 Å². The highest BCUT2D eigenvalue weighted by molar-refractivity contribution is 6.01. The maximum atomic E-state index is 6.04. The Balaban J connectivity index is 1.20. The maximum absolute atomic E-state index is 6.04. The molecule has 0 bridgehead atoms. The van der Waals surface area contributed by atoms with Crippen LogP contribution in [0.1, 0.15) is 12.8 Å². The van der Waals surface area contributed by atoms with Gasteiger partial charge in [0, 0.05) is 46.4 Å². The van der Waals surface area contributed by atoms with Gasteiger partial charge in [-0.2, -0.15) is 5.10 Å². The lowest BCUT2D eigenvalue weighted by Crippen LogP contribution is -2.25. The highest BCUT2D eigenvalue weighted by Crippen LogP contribution is 2.35. The van der Waals surface area contributed by atoms with Crippen LogP contribution in [0.15, 0.2) is 85.3 Å². The molecule has 0 saturated carbocycles. The Bertz CT molecular complexity index is 1720. The molecule has 7 heteroatoms. The quantitative estimate of drug-likeness (QED) is 0.268. The molecule has 1 saturated heterocycles. The van der Waals surface area contributed by atoms with Crippen LogP contribution in [0.5, 0.6) is 5.75 Å². The van der Waals surface area contributed by atoms with Gasteiger partial charge in [0.25, 0.3) is 0 Å². The second-order valence-corrected chi connectivity index (χ2v) is 9.80. The minimum absolute atomic E-state index is 0.678. The van der Waals surface area contributed by atoms with Gasteiger partial charge in [0.15, 0.2) is 0 Å². The van der Waals surface area contributed by atoms with E-state index in [1.165, 1.54) is 25.9 Å². The van der Waals surface area contributed by atoms with Crippen LogP contribution in [0.3, 0.4) is 0 Å². The average molecular weight is 501 g/mol. The van der Waals surface area contributed by atoms with Crippen molar-refractivity contribution in [2.45, 2.75) is 12.8 Å². The molecule has 0 amide bonds.